The second-order valence-corrected chi connectivity index (χ2v) is 4.16. The van der Waals surface area contributed by atoms with Crippen LogP contribution in [0.25, 0.3) is 0 Å². The number of hydrogen-bond donors (Lipinski definition) is 1. The Morgan fingerprint density at radius 3 is 2.93 bits per heavy atom. The van der Waals surface area contributed by atoms with E-state index in [9.17, 15) is 0 Å². The lowest BCUT2D eigenvalue weighted by Crippen LogP contribution is -2.02. The van der Waals surface area contributed by atoms with Crippen molar-refractivity contribution in [1.82, 2.24) is 0 Å². The first-order valence-electron chi connectivity index (χ1n) is 4.79. The maximum Gasteiger partial charge on any atom is 0.122 e. The monoisotopic (exact) mass is 211 g/mol. The van der Waals surface area contributed by atoms with Gasteiger partial charge in [-0.3, -0.25) is 0 Å². The van der Waals surface area contributed by atoms with E-state index in [-0.39, 0.29) is 0 Å². The molecule has 76 valence electrons. The molecule has 2 atom stereocenters. The molecule has 3 heteroatoms. The van der Waals surface area contributed by atoms with Crippen molar-refractivity contribution in [3.63, 3.8) is 0 Å². The molecule has 0 bridgehead atoms. The van der Waals surface area contributed by atoms with Gasteiger partial charge in [0.05, 0.1) is 7.11 Å². The van der Waals surface area contributed by atoms with Gasteiger partial charge in [0, 0.05) is 5.02 Å². The summed E-state index contributed by atoms with van der Waals surface area (Å²) in [6.07, 6.45) is 1.16. The van der Waals surface area contributed by atoms with Gasteiger partial charge in [-0.2, -0.15) is 0 Å². The third-order valence-electron chi connectivity index (χ3n) is 2.82. The van der Waals surface area contributed by atoms with E-state index in [0.717, 1.165) is 23.7 Å². The van der Waals surface area contributed by atoms with E-state index in [2.05, 4.69) is 0 Å². The van der Waals surface area contributed by atoms with Gasteiger partial charge in [0.15, 0.2) is 0 Å². The van der Waals surface area contributed by atoms with Crippen LogP contribution in [0.5, 0.6) is 5.75 Å². The zero-order valence-electron chi connectivity index (χ0n) is 8.16. The van der Waals surface area contributed by atoms with Crippen molar-refractivity contribution in [2.75, 3.05) is 13.7 Å². The molecular formula is C11H14ClNO. The zero-order valence-corrected chi connectivity index (χ0v) is 8.92. The Bertz CT molecular complexity index is 340. The quantitative estimate of drug-likeness (QED) is 0.834. The van der Waals surface area contributed by atoms with Gasteiger partial charge in [0.1, 0.15) is 5.75 Å². The summed E-state index contributed by atoms with van der Waals surface area (Å²) < 4.78 is 5.29. The fraction of sp³-hybridized carbons (Fsp3) is 0.455. The lowest BCUT2D eigenvalue weighted by molar-refractivity contribution is 0.409. The average Bonchev–Trinajstić information content (AvgIpc) is 2.96. The van der Waals surface area contributed by atoms with E-state index in [1.165, 1.54) is 5.56 Å². The molecule has 1 aliphatic rings. The molecule has 0 saturated heterocycles. The molecule has 0 heterocycles. The first kappa shape index (κ1) is 9.81. The molecule has 1 aromatic rings. The summed E-state index contributed by atoms with van der Waals surface area (Å²) >= 11 is 5.95. The number of benzene rings is 1. The van der Waals surface area contributed by atoms with Crippen LogP contribution in [0.3, 0.4) is 0 Å². The SMILES string of the molecule is COc1ccc(Cl)cc1[C@@H]1C[C@H]1CN. The van der Waals surface area contributed by atoms with Gasteiger partial charge in [0.2, 0.25) is 0 Å². The standard InChI is InChI=1S/C11H14ClNO/c1-14-11-3-2-8(12)5-10(11)9-4-7(9)6-13/h2-3,5,7,9H,4,6,13H2,1H3/t7-,9+/m0/s1. The van der Waals surface area contributed by atoms with Crippen LogP contribution in [-0.4, -0.2) is 13.7 Å². The van der Waals surface area contributed by atoms with Gasteiger partial charge in [-0.1, -0.05) is 11.6 Å². The van der Waals surface area contributed by atoms with Crippen molar-refractivity contribution >= 4 is 11.6 Å². The first-order chi connectivity index (χ1) is 6.76. The highest BCUT2D eigenvalue weighted by Gasteiger charge is 2.38. The predicted octanol–water partition coefficient (Wildman–Crippen LogP) is 2.41. The van der Waals surface area contributed by atoms with Gasteiger partial charge < -0.3 is 10.5 Å². The fourth-order valence-electron chi connectivity index (χ4n) is 1.88. The Morgan fingerprint density at radius 1 is 1.57 bits per heavy atom. The molecule has 0 aliphatic heterocycles. The summed E-state index contributed by atoms with van der Waals surface area (Å²) in [6, 6.07) is 5.76. The summed E-state index contributed by atoms with van der Waals surface area (Å²) in [5.41, 5.74) is 6.82. The van der Waals surface area contributed by atoms with Gasteiger partial charge in [-0.05, 0) is 48.6 Å². The topological polar surface area (TPSA) is 35.2 Å². The molecule has 0 unspecified atom stereocenters. The highest BCUT2D eigenvalue weighted by molar-refractivity contribution is 6.30. The lowest BCUT2D eigenvalue weighted by Gasteiger charge is -2.08. The van der Waals surface area contributed by atoms with Gasteiger partial charge >= 0.3 is 0 Å². The van der Waals surface area contributed by atoms with Crippen LogP contribution >= 0.6 is 11.6 Å². The molecule has 0 aromatic heterocycles. The van der Waals surface area contributed by atoms with E-state index in [4.69, 9.17) is 22.1 Å². The Labute approximate surface area is 89.0 Å². The largest absolute Gasteiger partial charge is 0.496 e. The van der Waals surface area contributed by atoms with Crippen LogP contribution in [0, 0.1) is 5.92 Å². The fourth-order valence-corrected chi connectivity index (χ4v) is 2.06. The minimum Gasteiger partial charge on any atom is -0.496 e. The smallest absolute Gasteiger partial charge is 0.122 e. The molecule has 0 spiro atoms. The number of hydrogen-bond acceptors (Lipinski definition) is 2. The summed E-state index contributed by atoms with van der Waals surface area (Å²) in [6.45, 7) is 0.750. The molecule has 1 fully saturated rings. The number of ether oxygens (including phenoxy) is 1. The molecule has 1 aliphatic carbocycles. The van der Waals surface area contributed by atoms with E-state index >= 15 is 0 Å². The number of rotatable bonds is 3. The summed E-state index contributed by atoms with van der Waals surface area (Å²) in [5, 5.41) is 0.767. The van der Waals surface area contributed by atoms with E-state index in [1.54, 1.807) is 7.11 Å². The first-order valence-corrected chi connectivity index (χ1v) is 5.17. The second-order valence-electron chi connectivity index (χ2n) is 3.72. The number of nitrogens with two attached hydrogens (primary N) is 1. The molecule has 0 radical (unpaired) electrons. The van der Waals surface area contributed by atoms with Crippen LogP contribution in [0.15, 0.2) is 18.2 Å². The van der Waals surface area contributed by atoms with E-state index in [1.807, 2.05) is 18.2 Å². The van der Waals surface area contributed by atoms with Crippen molar-refractivity contribution < 1.29 is 4.74 Å². The van der Waals surface area contributed by atoms with E-state index < -0.39 is 0 Å². The highest BCUT2D eigenvalue weighted by Crippen LogP contribution is 2.50. The Balaban J connectivity index is 2.27. The number of methoxy groups -OCH3 is 1. The molecular weight excluding hydrogens is 198 g/mol. The predicted molar refractivity (Wildman–Crippen MR) is 57.9 cm³/mol. The van der Waals surface area contributed by atoms with Gasteiger partial charge in [-0.15, -0.1) is 0 Å². The van der Waals surface area contributed by atoms with Crippen molar-refractivity contribution in [2.45, 2.75) is 12.3 Å². The van der Waals surface area contributed by atoms with Crippen LogP contribution in [0.4, 0.5) is 0 Å². The van der Waals surface area contributed by atoms with Crippen molar-refractivity contribution in [2.24, 2.45) is 11.7 Å². The molecule has 2 nitrogen and oxygen atoms in total. The van der Waals surface area contributed by atoms with Crippen LogP contribution in [0.1, 0.15) is 17.9 Å². The van der Waals surface area contributed by atoms with Crippen LogP contribution in [0.2, 0.25) is 5.02 Å². The molecule has 2 rings (SSSR count). The summed E-state index contributed by atoms with van der Waals surface area (Å²) in [4.78, 5) is 0. The molecule has 2 N–H and O–H groups in total. The maximum atomic E-state index is 5.95. The van der Waals surface area contributed by atoms with Crippen molar-refractivity contribution in [1.29, 1.82) is 0 Å². The minimum absolute atomic E-state index is 0.550. The lowest BCUT2D eigenvalue weighted by atomic mass is 10.1. The van der Waals surface area contributed by atoms with Gasteiger partial charge in [0.25, 0.3) is 0 Å². The Hall–Kier alpha value is -0.730. The van der Waals surface area contributed by atoms with Crippen molar-refractivity contribution in [3.05, 3.63) is 28.8 Å². The highest BCUT2D eigenvalue weighted by atomic mass is 35.5. The third kappa shape index (κ3) is 1.72. The number of halogens is 1. The molecule has 0 amide bonds. The van der Waals surface area contributed by atoms with Gasteiger partial charge in [-0.25, -0.2) is 0 Å². The normalized spacial score (nSPS) is 24.8. The van der Waals surface area contributed by atoms with Crippen molar-refractivity contribution in [3.8, 4) is 5.75 Å². The average molecular weight is 212 g/mol. The second kappa shape index (κ2) is 3.79. The summed E-state index contributed by atoms with van der Waals surface area (Å²) in [7, 11) is 1.69. The zero-order chi connectivity index (χ0) is 10.1. The molecule has 1 saturated carbocycles. The third-order valence-corrected chi connectivity index (χ3v) is 3.05. The van der Waals surface area contributed by atoms with Crippen LogP contribution < -0.4 is 10.5 Å². The Morgan fingerprint density at radius 2 is 2.36 bits per heavy atom. The Kier molecular flexibility index (Phi) is 2.66. The van der Waals surface area contributed by atoms with Crippen LogP contribution in [-0.2, 0) is 0 Å². The maximum absolute atomic E-state index is 5.95. The van der Waals surface area contributed by atoms with E-state index in [0.29, 0.717) is 11.8 Å². The molecule has 14 heavy (non-hydrogen) atoms. The minimum atomic E-state index is 0.550. The molecule has 1 aromatic carbocycles. The summed E-state index contributed by atoms with van der Waals surface area (Å²) in [5.74, 6) is 2.09.